The average molecular weight is 474 g/mol. The molecule has 8 heteroatoms. The summed E-state index contributed by atoms with van der Waals surface area (Å²) in [5.41, 5.74) is 7.35. The lowest BCUT2D eigenvalue weighted by molar-refractivity contribution is -0.00477. The number of oxazole rings is 1. The summed E-state index contributed by atoms with van der Waals surface area (Å²) in [6.07, 6.45) is 11.6. The number of amides is 1. The van der Waals surface area contributed by atoms with Gasteiger partial charge in [0, 0.05) is 37.8 Å². The summed E-state index contributed by atoms with van der Waals surface area (Å²) in [6, 6.07) is 8.31. The molecular weight excluding hydrogens is 438 g/mol. The highest BCUT2D eigenvalue weighted by Crippen LogP contribution is 2.43. The number of piperazine rings is 1. The van der Waals surface area contributed by atoms with E-state index in [1.165, 1.54) is 57.8 Å². The molecule has 4 aliphatic rings. The lowest BCUT2D eigenvalue weighted by Gasteiger charge is -2.54. The number of benzene rings is 1. The molecule has 2 unspecified atom stereocenters. The summed E-state index contributed by atoms with van der Waals surface area (Å²) >= 11 is 0. The molecule has 2 bridgehead atoms. The van der Waals surface area contributed by atoms with Gasteiger partial charge in [-0.25, -0.2) is 0 Å². The molecule has 1 amide bonds. The zero-order valence-corrected chi connectivity index (χ0v) is 20.4. The predicted octanol–water partition coefficient (Wildman–Crippen LogP) is 3.80. The van der Waals surface area contributed by atoms with Gasteiger partial charge in [0.2, 0.25) is 0 Å². The number of para-hydroxylation sites is 1. The van der Waals surface area contributed by atoms with Crippen molar-refractivity contribution < 1.29 is 9.21 Å². The Balaban J connectivity index is 0.00000228. The lowest BCUT2D eigenvalue weighted by atomic mass is 9.80. The van der Waals surface area contributed by atoms with Gasteiger partial charge < -0.3 is 20.0 Å². The summed E-state index contributed by atoms with van der Waals surface area (Å²) in [5, 5.41) is 0. The van der Waals surface area contributed by atoms with Crippen LogP contribution in [0.2, 0.25) is 0 Å². The van der Waals surface area contributed by atoms with E-state index in [2.05, 4.69) is 21.7 Å². The number of nitrogens with two attached hydrogens (primary N) is 1. The number of carbonyl (C=O) groups is 1. The highest BCUT2D eigenvalue weighted by Gasteiger charge is 2.48. The molecule has 4 fully saturated rings. The number of nitrogens with zero attached hydrogens (tertiary/aromatic N) is 4. The SMILES string of the molecule is CN1C2CCCC1CC(N1CCN(c3nc4c(C(N)=O)cccc4o3)C3(CCCC3)C1)C2.Cl. The molecule has 4 heterocycles. The fourth-order valence-corrected chi connectivity index (χ4v) is 7.22. The van der Waals surface area contributed by atoms with E-state index in [4.69, 9.17) is 15.1 Å². The molecule has 6 rings (SSSR count). The molecule has 0 radical (unpaired) electrons. The van der Waals surface area contributed by atoms with Crippen LogP contribution in [0.25, 0.3) is 11.1 Å². The second-order valence-corrected chi connectivity index (χ2v) is 10.6. The highest BCUT2D eigenvalue weighted by molar-refractivity contribution is 6.03. The van der Waals surface area contributed by atoms with E-state index in [-0.39, 0.29) is 17.9 Å². The van der Waals surface area contributed by atoms with Gasteiger partial charge in [0.25, 0.3) is 11.9 Å². The number of aromatic nitrogens is 1. The van der Waals surface area contributed by atoms with Crippen molar-refractivity contribution >= 4 is 35.4 Å². The van der Waals surface area contributed by atoms with Crippen LogP contribution in [0.15, 0.2) is 22.6 Å². The second kappa shape index (κ2) is 8.75. The fourth-order valence-electron chi connectivity index (χ4n) is 7.22. The van der Waals surface area contributed by atoms with Crippen molar-refractivity contribution in [3.05, 3.63) is 23.8 Å². The van der Waals surface area contributed by atoms with Crippen molar-refractivity contribution in [1.29, 1.82) is 0 Å². The summed E-state index contributed by atoms with van der Waals surface area (Å²) < 4.78 is 6.22. The monoisotopic (exact) mass is 473 g/mol. The quantitative estimate of drug-likeness (QED) is 0.730. The molecule has 180 valence electrons. The van der Waals surface area contributed by atoms with Crippen molar-refractivity contribution in [2.24, 2.45) is 5.73 Å². The van der Waals surface area contributed by atoms with Gasteiger partial charge >= 0.3 is 0 Å². The van der Waals surface area contributed by atoms with E-state index in [1.54, 1.807) is 6.07 Å². The Bertz CT molecular complexity index is 1010. The highest BCUT2D eigenvalue weighted by atomic mass is 35.5. The van der Waals surface area contributed by atoms with Gasteiger partial charge in [-0.15, -0.1) is 12.4 Å². The number of fused-ring (bicyclic) bond motifs is 3. The van der Waals surface area contributed by atoms with E-state index in [1.807, 2.05) is 12.1 Å². The molecule has 3 aliphatic heterocycles. The van der Waals surface area contributed by atoms with Crippen LogP contribution in [-0.2, 0) is 0 Å². The summed E-state index contributed by atoms with van der Waals surface area (Å²) in [4.78, 5) is 24.6. The van der Waals surface area contributed by atoms with Gasteiger partial charge in [-0.2, -0.15) is 4.98 Å². The number of carbonyl (C=O) groups excluding carboxylic acids is 1. The zero-order valence-electron chi connectivity index (χ0n) is 19.5. The van der Waals surface area contributed by atoms with Crippen LogP contribution >= 0.6 is 12.4 Å². The average Bonchev–Trinajstić information content (AvgIpc) is 3.40. The number of anilines is 1. The number of primary amides is 1. The normalized spacial score (nSPS) is 30.0. The van der Waals surface area contributed by atoms with E-state index in [9.17, 15) is 4.79 Å². The van der Waals surface area contributed by atoms with Gasteiger partial charge in [-0.3, -0.25) is 9.69 Å². The third kappa shape index (κ3) is 3.82. The Morgan fingerprint density at radius 1 is 1.09 bits per heavy atom. The van der Waals surface area contributed by atoms with Crippen molar-refractivity contribution in [2.45, 2.75) is 81.5 Å². The van der Waals surface area contributed by atoms with E-state index in [0.29, 0.717) is 28.7 Å². The molecule has 1 saturated carbocycles. The number of halogens is 1. The van der Waals surface area contributed by atoms with E-state index in [0.717, 1.165) is 31.7 Å². The van der Waals surface area contributed by atoms with Gasteiger partial charge in [0.1, 0.15) is 5.52 Å². The second-order valence-electron chi connectivity index (χ2n) is 10.6. The number of hydrogen-bond acceptors (Lipinski definition) is 6. The maximum atomic E-state index is 11.9. The topological polar surface area (TPSA) is 78.8 Å². The molecule has 1 aliphatic carbocycles. The largest absolute Gasteiger partial charge is 0.423 e. The Morgan fingerprint density at radius 2 is 1.82 bits per heavy atom. The fraction of sp³-hybridized carbons (Fsp3) is 0.680. The lowest BCUT2D eigenvalue weighted by Crippen LogP contribution is -2.65. The van der Waals surface area contributed by atoms with Gasteiger partial charge in [0.05, 0.1) is 11.1 Å². The summed E-state index contributed by atoms with van der Waals surface area (Å²) in [7, 11) is 2.34. The van der Waals surface area contributed by atoms with Crippen LogP contribution in [0.4, 0.5) is 6.01 Å². The third-order valence-electron chi connectivity index (χ3n) is 8.95. The standard InChI is InChI=1S/C25H35N5O2.ClH/c1-28-17-6-4-7-18(28)15-19(14-17)29-12-13-30(25(16-29)10-2-3-11-25)24-27-22-20(23(26)31)8-5-9-21(22)32-24;/h5,8-9,17-19H,2-4,6-7,10-16H2,1H3,(H2,26,31);1H. The summed E-state index contributed by atoms with van der Waals surface area (Å²) in [6.45, 7) is 3.08. The zero-order chi connectivity index (χ0) is 21.9. The number of hydrogen-bond donors (Lipinski definition) is 1. The third-order valence-corrected chi connectivity index (χ3v) is 8.95. The van der Waals surface area contributed by atoms with Crippen molar-refractivity contribution in [3.63, 3.8) is 0 Å². The van der Waals surface area contributed by atoms with Crippen LogP contribution in [0, 0.1) is 0 Å². The molecule has 1 spiro atoms. The van der Waals surface area contributed by atoms with Gasteiger partial charge in [0.15, 0.2) is 5.58 Å². The molecule has 1 aromatic heterocycles. The Labute approximate surface area is 202 Å². The first-order valence-electron chi connectivity index (χ1n) is 12.5. The molecule has 1 aromatic carbocycles. The van der Waals surface area contributed by atoms with Crippen molar-refractivity contribution in [1.82, 2.24) is 14.8 Å². The van der Waals surface area contributed by atoms with Crippen molar-refractivity contribution in [3.8, 4) is 0 Å². The maximum absolute atomic E-state index is 11.9. The Kier molecular flexibility index (Phi) is 6.08. The first-order chi connectivity index (χ1) is 15.5. The Hall–Kier alpha value is -1.83. The molecular formula is C25H36ClN5O2. The van der Waals surface area contributed by atoms with Gasteiger partial charge in [-0.1, -0.05) is 25.3 Å². The minimum atomic E-state index is -0.455. The van der Waals surface area contributed by atoms with Crippen LogP contribution < -0.4 is 10.6 Å². The molecule has 3 saturated heterocycles. The summed E-state index contributed by atoms with van der Waals surface area (Å²) in [5.74, 6) is -0.455. The van der Waals surface area contributed by atoms with Crippen LogP contribution in [0.1, 0.15) is 68.1 Å². The smallest absolute Gasteiger partial charge is 0.298 e. The van der Waals surface area contributed by atoms with Crippen LogP contribution in [0.5, 0.6) is 0 Å². The predicted molar refractivity (Wildman–Crippen MR) is 132 cm³/mol. The molecule has 2 aromatic rings. The van der Waals surface area contributed by atoms with Gasteiger partial charge in [-0.05, 0) is 57.7 Å². The molecule has 33 heavy (non-hydrogen) atoms. The van der Waals surface area contributed by atoms with Crippen molar-refractivity contribution in [2.75, 3.05) is 31.6 Å². The van der Waals surface area contributed by atoms with E-state index < -0.39 is 5.91 Å². The Morgan fingerprint density at radius 3 is 2.52 bits per heavy atom. The molecule has 7 nitrogen and oxygen atoms in total. The molecule has 2 N–H and O–H groups in total. The molecule has 2 atom stereocenters. The van der Waals surface area contributed by atoms with E-state index >= 15 is 0 Å². The minimum absolute atomic E-state index is 0. The first-order valence-corrected chi connectivity index (χ1v) is 12.5. The van der Waals surface area contributed by atoms with Crippen LogP contribution in [-0.4, -0.2) is 71.0 Å². The maximum Gasteiger partial charge on any atom is 0.298 e. The number of rotatable bonds is 3. The first kappa shape index (κ1) is 22.9. The van der Waals surface area contributed by atoms with Crippen LogP contribution in [0.3, 0.4) is 0 Å². The number of piperidine rings is 2. The minimum Gasteiger partial charge on any atom is -0.423 e.